The highest BCUT2D eigenvalue weighted by Gasteiger charge is 2.20. The Hall–Kier alpha value is -3.67. The summed E-state index contributed by atoms with van der Waals surface area (Å²) < 4.78 is 62.7. The van der Waals surface area contributed by atoms with Crippen molar-refractivity contribution < 1.29 is 26.1 Å². The van der Waals surface area contributed by atoms with Gasteiger partial charge >= 0.3 is 16.1 Å². The summed E-state index contributed by atoms with van der Waals surface area (Å²) in [7, 11) is -2.38. The number of nitrogens with zero attached hydrogens (tertiary/aromatic N) is 5. The van der Waals surface area contributed by atoms with Gasteiger partial charge in [-0.3, -0.25) is 4.98 Å². The van der Waals surface area contributed by atoms with Crippen LogP contribution in [-0.4, -0.2) is 46.3 Å². The topological polar surface area (TPSA) is 109 Å². The molecule has 0 aliphatic carbocycles. The highest BCUT2D eigenvalue weighted by molar-refractivity contribution is 7.86. The number of methoxy groups -OCH3 is 1. The minimum atomic E-state index is -3.80. The molecule has 32 heavy (non-hydrogen) atoms. The molecule has 0 N–H and O–H groups in total. The van der Waals surface area contributed by atoms with Gasteiger partial charge in [0, 0.05) is 23.4 Å². The van der Waals surface area contributed by atoms with Gasteiger partial charge in [-0.15, -0.1) is 0 Å². The lowest BCUT2D eigenvalue weighted by Gasteiger charge is -2.11. The summed E-state index contributed by atoms with van der Waals surface area (Å²) in [6.45, 7) is 1.67. The number of hydrogen-bond donors (Lipinski definition) is 0. The van der Waals surface area contributed by atoms with Gasteiger partial charge in [-0.2, -0.15) is 18.4 Å². The fraction of sp³-hybridized carbons (Fsp3) is 0.200. The number of fused-ring (bicyclic) bond motifs is 1. The first kappa shape index (κ1) is 21.6. The molecule has 0 saturated heterocycles. The highest BCUT2D eigenvalue weighted by atomic mass is 32.2. The SMILES string of the molecule is COc1nc(C)c2nc(-c3cncc(F)c3)n(Cc3ccc(OS(C)(=O)=O)cc3F)c2n1. The molecule has 0 atom stereocenters. The molecule has 0 aliphatic heterocycles. The van der Waals surface area contributed by atoms with Crippen LogP contribution in [0.1, 0.15) is 11.3 Å². The molecular formula is C20H17F2N5O4S. The molecule has 166 valence electrons. The van der Waals surface area contributed by atoms with Crippen LogP contribution in [0.4, 0.5) is 8.78 Å². The molecule has 3 heterocycles. The summed E-state index contributed by atoms with van der Waals surface area (Å²) in [5.74, 6) is -1.11. The molecule has 0 spiro atoms. The van der Waals surface area contributed by atoms with Crippen LogP contribution < -0.4 is 8.92 Å². The molecule has 9 nitrogen and oxygen atoms in total. The average molecular weight is 461 g/mol. The van der Waals surface area contributed by atoms with Crippen LogP contribution in [0.2, 0.25) is 0 Å². The molecule has 4 aromatic rings. The predicted molar refractivity (Wildman–Crippen MR) is 111 cm³/mol. The number of halogens is 2. The molecule has 0 amide bonds. The van der Waals surface area contributed by atoms with Crippen molar-refractivity contribution in [2.24, 2.45) is 0 Å². The standard InChI is InChI=1S/C20H17F2N5O4S/c1-11-17-19(26-20(24-11)30-2)27(18(25-17)13-6-14(21)9-23-8-13)10-12-4-5-15(7-16(12)22)31-32(3,28)29/h4-9H,10H2,1-3H3. The van der Waals surface area contributed by atoms with Crippen molar-refractivity contribution >= 4 is 21.3 Å². The smallest absolute Gasteiger partial charge is 0.318 e. The third-order valence-electron chi connectivity index (χ3n) is 4.49. The van der Waals surface area contributed by atoms with Crippen LogP contribution in [0, 0.1) is 18.6 Å². The van der Waals surface area contributed by atoms with Crippen LogP contribution in [-0.2, 0) is 16.7 Å². The van der Waals surface area contributed by atoms with Crippen LogP contribution in [0.25, 0.3) is 22.6 Å². The van der Waals surface area contributed by atoms with Crippen molar-refractivity contribution in [2.45, 2.75) is 13.5 Å². The quantitative estimate of drug-likeness (QED) is 0.403. The maximum absolute atomic E-state index is 14.8. The van der Waals surface area contributed by atoms with E-state index in [0.29, 0.717) is 28.2 Å². The third-order valence-corrected chi connectivity index (χ3v) is 4.99. The van der Waals surface area contributed by atoms with Crippen molar-refractivity contribution in [3.63, 3.8) is 0 Å². The summed E-state index contributed by atoms with van der Waals surface area (Å²) in [5.41, 5.74) is 1.87. The van der Waals surface area contributed by atoms with Crippen LogP contribution in [0.3, 0.4) is 0 Å². The Morgan fingerprint density at radius 2 is 1.88 bits per heavy atom. The van der Waals surface area contributed by atoms with E-state index in [4.69, 9.17) is 8.92 Å². The Kier molecular flexibility index (Phi) is 5.46. The summed E-state index contributed by atoms with van der Waals surface area (Å²) in [6.07, 6.45) is 3.36. The minimum absolute atomic E-state index is 0.0487. The van der Waals surface area contributed by atoms with Crippen molar-refractivity contribution in [3.8, 4) is 23.1 Å². The molecule has 4 rings (SSSR count). The Morgan fingerprint density at radius 3 is 2.53 bits per heavy atom. The van der Waals surface area contributed by atoms with Crippen molar-refractivity contribution in [2.75, 3.05) is 13.4 Å². The Morgan fingerprint density at radius 1 is 1.09 bits per heavy atom. The second kappa shape index (κ2) is 8.11. The Bertz CT molecular complexity index is 1440. The minimum Gasteiger partial charge on any atom is -0.467 e. The van der Waals surface area contributed by atoms with E-state index in [9.17, 15) is 17.2 Å². The molecule has 1 aromatic carbocycles. The van der Waals surface area contributed by atoms with Gasteiger partial charge < -0.3 is 13.5 Å². The Labute approximate surface area is 181 Å². The van der Waals surface area contributed by atoms with Crippen molar-refractivity contribution in [3.05, 3.63) is 59.6 Å². The maximum Gasteiger partial charge on any atom is 0.318 e. The number of aromatic nitrogens is 5. The summed E-state index contributed by atoms with van der Waals surface area (Å²) in [4.78, 5) is 17.0. The van der Waals surface area contributed by atoms with E-state index in [2.05, 4.69) is 19.9 Å². The van der Waals surface area contributed by atoms with E-state index in [1.807, 2.05) is 0 Å². The maximum atomic E-state index is 14.8. The molecule has 0 saturated carbocycles. The largest absolute Gasteiger partial charge is 0.467 e. The summed E-state index contributed by atoms with van der Waals surface area (Å²) >= 11 is 0. The third kappa shape index (κ3) is 4.35. The summed E-state index contributed by atoms with van der Waals surface area (Å²) in [5, 5.41) is 0. The predicted octanol–water partition coefficient (Wildman–Crippen LogP) is 2.87. The van der Waals surface area contributed by atoms with Crippen molar-refractivity contribution in [1.29, 1.82) is 0 Å². The first-order valence-electron chi connectivity index (χ1n) is 9.22. The zero-order valence-electron chi connectivity index (χ0n) is 17.2. The van der Waals surface area contributed by atoms with Gasteiger partial charge in [-0.05, 0) is 19.1 Å². The van der Waals surface area contributed by atoms with Crippen molar-refractivity contribution in [1.82, 2.24) is 24.5 Å². The van der Waals surface area contributed by atoms with E-state index in [1.54, 1.807) is 11.5 Å². The lowest BCUT2D eigenvalue weighted by molar-refractivity contribution is 0.380. The zero-order valence-corrected chi connectivity index (χ0v) is 18.0. The number of ether oxygens (including phenoxy) is 1. The molecule has 0 unspecified atom stereocenters. The van der Waals surface area contributed by atoms with E-state index in [-0.39, 0.29) is 23.9 Å². The monoisotopic (exact) mass is 461 g/mol. The van der Waals surface area contributed by atoms with Gasteiger partial charge in [0.15, 0.2) is 5.65 Å². The van der Waals surface area contributed by atoms with Gasteiger partial charge in [0.1, 0.15) is 28.7 Å². The van der Waals surface area contributed by atoms with Gasteiger partial charge in [-0.1, -0.05) is 6.07 Å². The van der Waals surface area contributed by atoms with Crippen LogP contribution in [0.15, 0.2) is 36.7 Å². The zero-order chi connectivity index (χ0) is 23.0. The summed E-state index contributed by atoms with van der Waals surface area (Å²) in [6, 6.07) is 5.05. The highest BCUT2D eigenvalue weighted by Crippen LogP contribution is 2.28. The molecule has 0 aliphatic rings. The number of pyridine rings is 1. The van der Waals surface area contributed by atoms with Crippen LogP contribution in [0.5, 0.6) is 11.8 Å². The molecule has 12 heteroatoms. The lowest BCUT2D eigenvalue weighted by Crippen LogP contribution is -2.08. The first-order valence-corrected chi connectivity index (χ1v) is 11.0. The van der Waals surface area contributed by atoms with E-state index in [1.165, 1.54) is 31.5 Å². The van der Waals surface area contributed by atoms with E-state index < -0.39 is 21.8 Å². The van der Waals surface area contributed by atoms with Gasteiger partial charge in [-0.25, -0.2) is 13.8 Å². The second-order valence-electron chi connectivity index (χ2n) is 6.92. The van der Waals surface area contributed by atoms with E-state index in [0.717, 1.165) is 18.5 Å². The molecular weight excluding hydrogens is 444 g/mol. The fourth-order valence-corrected chi connectivity index (χ4v) is 3.61. The number of aryl methyl sites for hydroxylation is 1. The molecule has 0 bridgehead atoms. The fourth-order valence-electron chi connectivity index (χ4n) is 3.16. The number of hydrogen-bond acceptors (Lipinski definition) is 8. The number of rotatable bonds is 6. The normalized spacial score (nSPS) is 11.7. The number of imidazole rings is 1. The average Bonchev–Trinajstić information content (AvgIpc) is 3.07. The van der Waals surface area contributed by atoms with Gasteiger partial charge in [0.05, 0.1) is 31.8 Å². The number of benzene rings is 1. The van der Waals surface area contributed by atoms with Gasteiger partial charge in [0.2, 0.25) is 0 Å². The molecule has 0 fully saturated rings. The molecule has 3 aromatic heterocycles. The van der Waals surface area contributed by atoms with Gasteiger partial charge in [0.25, 0.3) is 0 Å². The lowest BCUT2D eigenvalue weighted by atomic mass is 10.2. The Balaban J connectivity index is 1.87. The van der Waals surface area contributed by atoms with E-state index >= 15 is 0 Å². The van der Waals surface area contributed by atoms with Crippen LogP contribution >= 0.6 is 0 Å². The molecule has 0 radical (unpaired) electrons. The second-order valence-corrected chi connectivity index (χ2v) is 8.50. The first-order chi connectivity index (χ1) is 15.1.